The lowest BCUT2D eigenvalue weighted by molar-refractivity contribution is -0.150. The molecule has 1 aliphatic rings. The van der Waals surface area contributed by atoms with Crippen LogP contribution in [-0.4, -0.2) is 49.1 Å². The molecule has 1 rings (SSSR count). The molecule has 2 N–H and O–H groups in total. The van der Waals surface area contributed by atoms with E-state index in [1.807, 2.05) is 13.8 Å². The topological polar surface area (TPSA) is 67.8 Å². The van der Waals surface area contributed by atoms with Crippen LogP contribution >= 0.6 is 0 Å². The number of amides is 1. The maximum absolute atomic E-state index is 11.9. The Morgan fingerprint density at radius 1 is 1.44 bits per heavy atom. The minimum absolute atomic E-state index is 0.0562. The number of aliphatic hydroxyl groups is 1. The predicted molar refractivity (Wildman–Crippen MR) is 59.1 cm³/mol. The molecule has 1 amide bonds. The molecule has 0 saturated carbocycles. The fourth-order valence-corrected chi connectivity index (χ4v) is 1.67. The SMILES string of the molecule is CCC(CC)(CO)NC(=O)C1COCCO1. The van der Waals surface area contributed by atoms with Crippen LogP contribution in [0, 0.1) is 0 Å². The van der Waals surface area contributed by atoms with Crippen molar-refractivity contribution in [2.24, 2.45) is 0 Å². The van der Waals surface area contributed by atoms with Crippen LogP contribution in [0.5, 0.6) is 0 Å². The smallest absolute Gasteiger partial charge is 0.252 e. The predicted octanol–water partition coefficient (Wildman–Crippen LogP) is 0.0691. The fraction of sp³-hybridized carbons (Fsp3) is 0.909. The zero-order valence-electron chi connectivity index (χ0n) is 9.99. The van der Waals surface area contributed by atoms with Crippen LogP contribution in [0.1, 0.15) is 26.7 Å². The number of carbonyl (C=O) groups is 1. The molecule has 1 fully saturated rings. The molecular weight excluding hydrogens is 210 g/mol. The van der Waals surface area contributed by atoms with Crippen LogP contribution in [0.25, 0.3) is 0 Å². The van der Waals surface area contributed by atoms with Crippen LogP contribution in [0.15, 0.2) is 0 Å². The van der Waals surface area contributed by atoms with Gasteiger partial charge in [0.05, 0.1) is 32.0 Å². The van der Waals surface area contributed by atoms with Gasteiger partial charge in [-0.1, -0.05) is 13.8 Å². The zero-order valence-corrected chi connectivity index (χ0v) is 9.99. The molecule has 1 atom stereocenters. The third-order valence-corrected chi connectivity index (χ3v) is 3.15. The van der Waals surface area contributed by atoms with Gasteiger partial charge in [0.2, 0.25) is 0 Å². The van der Waals surface area contributed by atoms with Gasteiger partial charge in [0.25, 0.3) is 5.91 Å². The lowest BCUT2D eigenvalue weighted by atomic mass is 9.93. The number of nitrogens with one attached hydrogen (secondary N) is 1. The molecule has 5 nitrogen and oxygen atoms in total. The Kier molecular flexibility index (Phi) is 5.18. The van der Waals surface area contributed by atoms with Crippen molar-refractivity contribution in [3.63, 3.8) is 0 Å². The lowest BCUT2D eigenvalue weighted by Gasteiger charge is -2.33. The highest BCUT2D eigenvalue weighted by Crippen LogP contribution is 2.15. The van der Waals surface area contributed by atoms with E-state index in [2.05, 4.69) is 5.32 Å². The number of rotatable bonds is 5. The molecule has 5 heteroatoms. The molecule has 0 aliphatic carbocycles. The van der Waals surface area contributed by atoms with Gasteiger partial charge in [-0.2, -0.15) is 0 Å². The second kappa shape index (κ2) is 6.18. The van der Waals surface area contributed by atoms with Crippen molar-refractivity contribution >= 4 is 5.91 Å². The van der Waals surface area contributed by atoms with Crippen LogP contribution in [-0.2, 0) is 14.3 Å². The summed E-state index contributed by atoms with van der Waals surface area (Å²) in [5.41, 5.74) is -0.530. The normalized spacial score (nSPS) is 21.8. The molecule has 1 heterocycles. The van der Waals surface area contributed by atoms with Crippen LogP contribution in [0.4, 0.5) is 0 Å². The second-order valence-electron chi connectivity index (χ2n) is 4.07. The van der Waals surface area contributed by atoms with Gasteiger partial charge in [-0.25, -0.2) is 0 Å². The Hall–Kier alpha value is -0.650. The molecule has 0 spiro atoms. The molecule has 16 heavy (non-hydrogen) atoms. The van der Waals surface area contributed by atoms with E-state index in [1.165, 1.54) is 0 Å². The summed E-state index contributed by atoms with van der Waals surface area (Å²) >= 11 is 0. The van der Waals surface area contributed by atoms with E-state index in [4.69, 9.17) is 9.47 Å². The highest BCUT2D eigenvalue weighted by molar-refractivity contribution is 5.81. The van der Waals surface area contributed by atoms with E-state index in [-0.39, 0.29) is 12.5 Å². The van der Waals surface area contributed by atoms with Crippen LogP contribution in [0.3, 0.4) is 0 Å². The fourth-order valence-electron chi connectivity index (χ4n) is 1.67. The summed E-state index contributed by atoms with van der Waals surface area (Å²) in [6, 6.07) is 0. The number of hydrogen-bond donors (Lipinski definition) is 2. The molecule has 1 unspecified atom stereocenters. The standard InChI is InChI=1S/C11H21NO4/c1-3-11(4-2,8-13)12-10(14)9-7-15-5-6-16-9/h9,13H,3-8H2,1-2H3,(H,12,14). The highest BCUT2D eigenvalue weighted by atomic mass is 16.6. The van der Waals surface area contributed by atoms with Crippen molar-refractivity contribution in [3.8, 4) is 0 Å². The van der Waals surface area contributed by atoms with Crippen molar-refractivity contribution in [1.29, 1.82) is 0 Å². The maximum atomic E-state index is 11.9. The summed E-state index contributed by atoms with van der Waals surface area (Å²) in [5.74, 6) is -0.197. The van der Waals surface area contributed by atoms with Gasteiger partial charge in [-0.3, -0.25) is 4.79 Å². The molecular formula is C11H21NO4. The van der Waals surface area contributed by atoms with E-state index < -0.39 is 11.6 Å². The monoisotopic (exact) mass is 231 g/mol. The third kappa shape index (κ3) is 3.17. The molecule has 0 bridgehead atoms. The Balaban J connectivity index is 2.53. The van der Waals surface area contributed by atoms with E-state index in [1.54, 1.807) is 0 Å². The van der Waals surface area contributed by atoms with E-state index in [9.17, 15) is 9.90 Å². The van der Waals surface area contributed by atoms with Gasteiger partial charge < -0.3 is 19.9 Å². The van der Waals surface area contributed by atoms with Gasteiger partial charge in [-0.15, -0.1) is 0 Å². The van der Waals surface area contributed by atoms with Gasteiger partial charge in [0.1, 0.15) is 0 Å². The lowest BCUT2D eigenvalue weighted by Crippen LogP contribution is -2.55. The Morgan fingerprint density at radius 3 is 2.56 bits per heavy atom. The summed E-state index contributed by atoms with van der Waals surface area (Å²) in [7, 11) is 0. The summed E-state index contributed by atoms with van der Waals surface area (Å²) in [4.78, 5) is 11.9. The van der Waals surface area contributed by atoms with Gasteiger partial charge >= 0.3 is 0 Å². The summed E-state index contributed by atoms with van der Waals surface area (Å²) in [5, 5.41) is 12.2. The summed E-state index contributed by atoms with van der Waals surface area (Å²) in [6.07, 6.45) is 0.844. The first-order valence-corrected chi connectivity index (χ1v) is 5.79. The van der Waals surface area contributed by atoms with Crippen molar-refractivity contribution in [1.82, 2.24) is 5.32 Å². The van der Waals surface area contributed by atoms with E-state index in [0.717, 1.165) is 0 Å². The third-order valence-electron chi connectivity index (χ3n) is 3.15. The average molecular weight is 231 g/mol. The zero-order chi connectivity index (χ0) is 12.0. The quantitative estimate of drug-likeness (QED) is 0.702. The van der Waals surface area contributed by atoms with E-state index >= 15 is 0 Å². The molecule has 0 radical (unpaired) electrons. The average Bonchev–Trinajstić information content (AvgIpc) is 2.37. The van der Waals surface area contributed by atoms with Gasteiger partial charge in [-0.05, 0) is 12.8 Å². The first kappa shape index (κ1) is 13.4. The van der Waals surface area contributed by atoms with Crippen molar-refractivity contribution in [2.45, 2.75) is 38.3 Å². The largest absolute Gasteiger partial charge is 0.394 e. The van der Waals surface area contributed by atoms with Crippen molar-refractivity contribution < 1.29 is 19.4 Å². The van der Waals surface area contributed by atoms with Crippen molar-refractivity contribution in [2.75, 3.05) is 26.4 Å². The molecule has 0 aromatic carbocycles. The number of hydrogen-bond acceptors (Lipinski definition) is 4. The maximum Gasteiger partial charge on any atom is 0.252 e. The minimum atomic E-state index is -0.544. The Labute approximate surface area is 96.1 Å². The first-order chi connectivity index (χ1) is 7.67. The molecule has 0 aromatic rings. The van der Waals surface area contributed by atoms with Gasteiger partial charge in [0.15, 0.2) is 6.10 Å². The Morgan fingerprint density at radius 2 is 2.12 bits per heavy atom. The number of carbonyl (C=O) groups excluding carboxylic acids is 1. The molecule has 1 saturated heterocycles. The molecule has 0 aromatic heterocycles. The first-order valence-electron chi connectivity index (χ1n) is 5.79. The minimum Gasteiger partial charge on any atom is -0.394 e. The Bertz CT molecular complexity index is 214. The van der Waals surface area contributed by atoms with Crippen LogP contribution < -0.4 is 5.32 Å². The summed E-state index contributed by atoms with van der Waals surface area (Å²) in [6.45, 7) is 5.11. The van der Waals surface area contributed by atoms with Crippen molar-refractivity contribution in [3.05, 3.63) is 0 Å². The van der Waals surface area contributed by atoms with E-state index in [0.29, 0.717) is 32.7 Å². The number of aliphatic hydroxyl groups excluding tert-OH is 1. The summed E-state index contributed by atoms with van der Waals surface area (Å²) < 4.78 is 10.5. The van der Waals surface area contributed by atoms with Crippen LogP contribution in [0.2, 0.25) is 0 Å². The highest BCUT2D eigenvalue weighted by Gasteiger charge is 2.31. The van der Waals surface area contributed by atoms with Gasteiger partial charge in [0, 0.05) is 0 Å². The second-order valence-corrected chi connectivity index (χ2v) is 4.07. The molecule has 1 aliphatic heterocycles. The molecule has 94 valence electrons. The number of ether oxygens (including phenoxy) is 2.